The third-order valence-corrected chi connectivity index (χ3v) is 6.35. The molecule has 0 saturated carbocycles. The van der Waals surface area contributed by atoms with Crippen molar-refractivity contribution < 1.29 is 0 Å². The van der Waals surface area contributed by atoms with E-state index in [0.29, 0.717) is 11.1 Å². The van der Waals surface area contributed by atoms with Crippen LogP contribution < -0.4 is 0 Å². The zero-order valence-electron chi connectivity index (χ0n) is 15.2. The molecule has 4 aromatic carbocycles. The van der Waals surface area contributed by atoms with Crippen molar-refractivity contribution in [1.82, 2.24) is 4.40 Å². The van der Waals surface area contributed by atoms with Gasteiger partial charge in [-0.05, 0) is 23.3 Å². The van der Waals surface area contributed by atoms with Crippen LogP contribution in [-0.2, 0) is 0 Å². The Balaban J connectivity index is 1.99. The molecule has 0 spiro atoms. The summed E-state index contributed by atoms with van der Waals surface area (Å²) < 4.78 is 2.29. The Morgan fingerprint density at radius 1 is 0.517 bits per heavy atom. The lowest BCUT2D eigenvalue weighted by Crippen LogP contribution is -1.90. The highest BCUT2D eigenvalue weighted by Crippen LogP contribution is 2.50. The van der Waals surface area contributed by atoms with Gasteiger partial charge in [-0.1, -0.05) is 54.6 Å². The number of nitriles is 2. The Kier molecular flexibility index (Phi) is 2.40. The highest BCUT2D eigenvalue weighted by atomic mass is 14.9. The number of benzene rings is 4. The summed E-state index contributed by atoms with van der Waals surface area (Å²) in [6, 6.07) is 27.3. The number of para-hydroxylation sites is 1. The molecule has 3 nitrogen and oxygen atoms in total. The van der Waals surface area contributed by atoms with Crippen LogP contribution in [0.5, 0.6) is 0 Å². The van der Waals surface area contributed by atoms with Crippen molar-refractivity contribution in [2.45, 2.75) is 0 Å². The maximum absolute atomic E-state index is 9.93. The zero-order chi connectivity index (χ0) is 19.3. The molecule has 1 aliphatic rings. The molecule has 0 atom stereocenters. The van der Waals surface area contributed by atoms with E-state index in [1.165, 1.54) is 10.8 Å². The fourth-order valence-corrected chi connectivity index (χ4v) is 5.29. The molecule has 3 heteroatoms. The molecule has 0 radical (unpaired) electrons. The van der Waals surface area contributed by atoms with Crippen LogP contribution in [0.1, 0.15) is 11.1 Å². The molecule has 0 aliphatic carbocycles. The van der Waals surface area contributed by atoms with Gasteiger partial charge in [0, 0.05) is 32.7 Å². The van der Waals surface area contributed by atoms with Gasteiger partial charge in [0.2, 0.25) is 0 Å². The summed E-state index contributed by atoms with van der Waals surface area (Å²) in [6.07, 6.45) is 0. The lowest BCUT2D eigenvalue weighted by Gasteiger charge is -2.11. The van der Waals surface area contributed by atoms with E-state index in [0.717, 1.165) is 49.6 Å². The van der Waals surface area contributed by atoms with E-state index in [4.69, 9.17) is 0 Å². The van der Waals surface area contributed by atoms with Crippen molar-refractivity contribution >= 4 is 38.1 Å². The highest BCUT2D eigenvalue weighted by Gasteiger charge is 2.28. The van der Waals surface area contributed by atoms with Gasteiger partial charge in [0.1, 0.15) is 0 Å². The Hall–Kier alpha value is -4.34. The van der Waals surface area contributed by atoms with Crippen LogP contribution in [0.2, 0.25) is 0 Å². The van der Waals surface area contributed by atoms with E-state index >= 15 is 0 Å². The van der Waals surface area contributed by atoms with Gasteiger partial charge in [0.25, 0.3) is 0 Å². The molecule has 1 aliphatic heterocycles. The fraction of sp³-hybridized carbons (Fsp3) is 0. The van der Waals surface area contributed by atoms with Gasteiger partial charge in [-0.2, -0.15) is 10.5 Å². The van der Waals surface area contributed by atoms with Crippen molar-refractivity contribution in [1.29, 1.82) is 10.5 Å². The minimum atomic E-state index is 0.658. The van der Waals surface area contributed by atoms with Crippen molar-refractivity contribution in [2.24, 2.45) is 0 Å². The van der Waals surface area contributed by atoms with Crippen molar-refractivity contribution in [3.05, 3.63) is 77.9 Å². The molecule has 3 heterocycles. The summed E-state index contributed by atoms with van der Waals surface area (Å²) in [5.41, 5.74) is 8.53. The number of aromatic nitrogens is 1. The van der Waals surface area contributed by atoms with Crippen LogP contribution in [0.25, 0.3) is 60.3 Å². The molecule has 0 N–H and O–H groups in total. The third kappa shape index (κ3) is 1.48. The smallest absolute Gasteiger partial charge is 0.0998 e. The first kappa shape index (κ1) is 14.7. The van der Waals surface area contributed by atoms with Gasteiger partial charge >= 0.3 is 0 Å². The SMILES string of the molecule is N#Cc1ccc2c3cccc4c5ccc(C#N)c6c5n(c2c1-c1ccccc1-6)c34. The van der Waals surface area contributed by atoms with Crippen LogP contribution in [-0.4, -0.2) is 4.40 Å². The lowest BCUT2D eigenvalue weighted by atomic mass is 9.89. The Morgan fingerprint density at radius 2 is 1.00 bits per heavy atom. The summed E-state index contributed by atoms with van der Waals surface area (Å²) in [4.78, 5) is 0. The predicted molar refractivity (Wildman–Crippen MR) is 115 cm³/mol. The van der Waals surface area contributed by atoms with Crippen LogP contribution in [0.15, 0.2) is 66.7 Å². The van der Waals surface area contributed by atoms with Gasteiger partial charge < -0.3 is 4.40 Å². The molecule has 130 valence electrons. The lowest BCUT2D eigenvalue weighted by molar-refractivity contribution is 1.37. The average Bonchev–Trinajstić information content (AvgIpc) is 3.24. The molecule has 0 saturated heterocycles. The van der Waals surface area contributed by atoms with Gasteiger partial charge in [-0.25, -0.2) is 0 Å². The molecule has 0 bridgehead atoms. The maximum atomic E-state index is 9.93. The second-order valence-electron chi connectivity index (χ2n) is 7.57. The topological polar surface area (TPSA) is 52.0 Å². The average molecular weight is 365 g/mol. The summed E-state index contributed by atoms with van der Waals surface area (Å²) in [7, 11) is 0. The fourth-order valence-electron chi connectivity index (χ4n) is 5.29. The van der Waals surface area contributed by atoms with Gasteiger partial charge in [0.05, 0.1) is 39.8 Å². The Morgan fingerprint density at radius 3 is 1.48 bits per heavy atom. The summed E-state index contributed by atoms with van der Waals surface area (Å²) in [6.45, 7) is 0. The first-order valence-electron chi connectivity index (χ1n) is 9.51. The van der Waals surface area contributed by atoms with Crippen LogP contribution in [0, 0.1) is 22.7 Å². The molecular weight excluding hydrogens is 354 g/mol. The molecule has 0 unspecified atom stereocenters. The van der Waals surface area contributed by atoms with Crippen molar-refractivity contribution in [2.75, 3.05) is 0 Å². The number of rotatable bonds is 0. The summed E-state index contributed by atoms with van der Waals surface area (Å²) in [5, 5.41) is 24.5. The second-order valence-corrected chi connectivity index (χ2v) is 7.57. The second kappa shape index (κ2) is 4.73. The number of hydrogen-bond acceptors (Lipinski definition) is 2. The quantitative estimate of drug-likeness (QED) is 0.320. The monoisotopic (exact) mass is 365 g/mol. The molecule has 0 amide bonds. The van der Waals surface area contributed by atoms with Gasteiger partial charge in [0.15, 0.2) is 0 Å². The first-order chi connectivity index (χ1) is 14.3. The molecule has 0 fully saturated rings. The Labute approximate surface area is 165 Å². The van der Waals surface area contributed by atoms with E-state index < -0.39 is 0 Å². The van der Waals surface area contributed by atoms with E-state index in [9.17, 15) is 10.5 Å². The van der Waals surface area contributed by atoms with Gasteiger partial charge in [-0.15, -0.1) is 0 Å². The predicted octanol–water partition coefficient (Wildman–Crippen LogP) is 6.23. The molecule has 2 aromatic heterocycles. The normalized spacial score (nSPS) is 12.1. The standard InChI is InChI=1S/C26H11N3/c27-12-14-8-10-20-18-6-3-7-19-21-11-9-15(13-28)23-17-5-2-1-4-16(17)22(14)25(20)29(24(18)19)26(21)23/h1-11H. The number of fused-ring (bicyclic) bond motifs is 5. The summed E-state index contributed by atoms with van der Waals surface area (Å²) >= 11 is 0. The Bertz CT molecular complexity index is 1650. The van der Waals surface area contributed by atoms with E-state index in [2.05, 4.69) is 59.0 Å². The molecule has 29 heavy (non-hydrogen) atoms. The zero-order valence-corrected chi connectivity index (χ0v) is 15.2. The molecule has 7 rings (SSSR count). The number of hydrogen-bond donors (Lipinski definition) is 0. The van der Waals surface area contributed by atoms with Crippen LogP contribution in [0.3, 0.4) is 0 Å². The van der Waals surface area contributed by atoms with E-state index in [-0.39, 0.29) is 0 Å². The van der Waals surface area contributed by atoms with Crippen LogP contribution >= 0.6 is 0 Å². The first-order valence-corrected chi connectivity index (χ1v) is 9.51. The van der Waals surface area contributed by atoms with E-state index in [1.807, 2.05) is 24.3 Å². The highest BCUT2D eigenvalue weighted by molar-refractivity contribution is 6.28. The van der Waals surface area contributed by atoms with Crippen molar-refractivity contribution in [3.63, 3.8) is 0 Å². The number of nitrogens with zero attached hydrogens (tertiary/aromatic N) is 3. The maximum Gasteiger partial charge on any atom is 0.0998 e. The largest absolute Gasteiger partial charge is 0.307 e. The minimum absolute atomic E-state index is 0.658. The van der Waals surface area contributed by atoms with Crippen molar-refractivity contribution in [3.8, 4) is 34.4 Å². The molecular formula is C26H11N3. The molecule has 6 aromatic rings. The van der Waals surface area contributed by atoms with E-state index in [1.54, 1.807) is 0 Å². The third-order valence-electron chi connectivity index (χ3n) is 6.35. The van der Waals surface area contributed by atoms with Gasteiger partial charge in [-0.3, -0.25) is 0 Å². The van der Waals surface area contributed by atoms with Crippen LogP contribution in [0.4, 0.5) is 0 Å². The summed E-state index contributed by atoms with van der Waals surface area (Å²) in [5.74, 6) is 0. The minimum Gasteiger partial charge on any atom is -0.307 e.